The molecule has 0 N–H and O–H groups in total. The van der Waals surface area contributed by atoms with Crippen molar-refractivity contribution in [3.63, 3.8) is 0 Å². The van der Waals surface area contributed by atoms with Crippen molar-refractivity contribution >= 4 is 0 Å². The van der Waals surface area contributed by atoms with Gasteiger partial charge in [0.1, 0.15) is 0 Å². The van der Waals surface area contributed by atoms with Crippen molar-refractivity contribution in [1.82, 2.24) is 0 Å². The number of hydrogen-bond acceptors (Lipinski definition) is 0. The summed E-state index contributed by atoms with van der Waals surface area (Å²) in [6.07, 6.45) is 8.32. The van der Waals surface area contributed by atoms with E-state index in [9.17, 15) is 0 Å². The van der Waals surface area contributed by atoms with Crippen LogP contribution in [0.2, 0.25) is 0 Å². The standard InChI is InChI=1S/C12H24/c1-6-7-8-9-10-12(4,5)11(2)3/h6-7,11H,8-10H2,1-5H3/b7-6+. The fourth-order valence-electron chi connectivity index (χ4n) is 1.13. The van der Waals surface area contributed by atoms with E-state index in [2.05, 4.69) is 46.8 Å². The van der Waals surface area contributed by atoms with E-state index in [0.717, 1.165) is 5.92 Å². The summed E-state index contributed by atoms with van der Waals surface area (Å²) in [6.45, 7) is 11.5. The zero-order chi connectivity index (χ0) is 9.61. The summed E-state index contributed by atoms with van der Waals surface area (Å²) in [5, 5.41) is 0. The summed E-state index contributed by atoms with van der Waals surface area (Å²) >= 11 is 0. The lowest BCUT2D eigenvalue weighted by atomic mass is 9.77. The van der Waals surface area contributed by atoms with Gasteiger partial charge in [0.05, 0.1) is 0 Å². The van der Waals surface area contributed by atoms with Crippen LogP contribution in [0.5, 0.6) is 0 Å². The molecule has 0 aromatic carbocycles. The van der Waals surface area contributed by atoms with Gasteiger partial charge in [-0.1, -0.05) is 39.8 Å². The van der Waals surface area contributed by atoms with Gasteiger partial charge in [0.15, 0.2) is 0 Å². The molecule has 0 aliphatic rings. The molecule has 0 radical (unpaired) electrons. The molecule has 0 bridgehead atoms. The Morgan fingerprint density at radius 3 is 2.25 bits per heavy atom. The summed E-state index contributed by atoms with van der Waals surface area (Å²) in [7, 11) is 0. The maximum absolute atomic E-state index is 2.37. The topological polar surface area (TPSA) is 0 Å². The predicted molar refractivity (Wildman–Crippen MR) is 57.3 cm³/mol. The Bertz CT molecular complexity index is 129. The minimum atomic E-state index is 0.515. The molecular formula is C12H24. The van der Waals surface area contributed by atoms with Gasteiger partial charge >= 0.3 is 0 Å². The van der Waals surface area contributed by atoms with Crippen molar-refractivity contribution in [3.05, 3.63) is 12.2 Å². The highest BCUT2D eigenvalue weighted by atomic mass is 14.3. The first-order valence-corrected chi connectivity index (χ1v) is 5.12. The lowest BCUT2D eigenvalue weighted by molar-refractivity contribution is 0.224. The van der Waals surface area contributed by atoms with Crippen molar-refractivity contribution in [2.75, 3.05) is 0 Å². The molecule has 0 aliphatic carbocycles. The monoisotopic (exact) mass is 168 g/mol. The Morgan fingerprint density at radius 1 is 1.25 bits per heavy atom. The van der Waals surface area contributed by atoms with E-state index in [-0.39, 0.29) is 0 Å². The van der Waals surface area contributed by atoms with Crippen LogP contribution >= 0.6 is 0 Å². The lowest BCUT2D eigenvalue weighted by Crippen LogP contribution is -2.18. The van der Waals surface area contributed by atoms with Crippen LogP contribution in [0.3, 0.4) is 0 Å². The molecule has 0 rings (SSSR count). The predicted octanol–water partition coefficient (Wildman–Crippen LogP) is 4.42. The molecule has 0 atom stereocenters. The molecule has 0 aliphatic heterocycles. The third-order valence-corrected chi connectivity index (χ3v) is 2.99. The second-order valence-corrected chi connectivity index (χ2v) is 4.60. The second-order valence-electron chi connectivity index (χ2n) is 4.60. The minimum absolute atomic E-state index is 0.515. The molecule has 12 heavy (non-hydrogen) atoms. The fourth-order valence-corrected chi connectivity index (χ4v) is 1.13. The van der Waals surface area contributed by atoms with Gasteiger partial charge in [0.25, 0.3) is 0 Å². The molecule has 0 aromatic rings. The van der Waals surface area contributed by atoms with Crippen LogP contribution < -0.4 is 0 Å². The van der Waals surface area contributed by atoms with Gasteiger partial charge in [0, 0.05) is 0 Å². The van der Waals surface area contributed by atoms with E-state index in [1.807, 2.05) is 0 Å². The highest BCUT2D eigenvalue weighted by Gasteiger charge is 2.20. The van der Waals surface area contributed by atoms with E-state index in [4.69, 9.17) is 0 Å². The quantitative estimate of drug-likeness (QED) is 0.421. The van der Waals surface area contributed by atoms with Gasteiger partial charge < -0.3 is 0 Å². The Labute approximate surface area is 78.1 Å². The molecule has 0 nitrogen and oxygen atoms in total. The lowest BCUT2D eigenvalue weighted by Gasteiger charge is -2.28. The van der Waals surface area contributed by atoms with Gasteiger partial charge in [0.2, 0.25) is 0 Å². The van der Waals surface area contributed by atoms with Gasteiger partial charge in [-0.05, 0) is 37.5 Å². The Balaban J connectivity index is 3.61. The Morgan fingerprint density at radius 2 is 1.83 bits per heavy atom. The second kappa shape index (κ2) is 5.40. The number of allylic oxidation sites excluding steroid dienone is 2. The maximum Gasteiger partial charge on any atom is -0.0331 e. The third kappa shape index (κ3) is 4.58. The van der Waals surface area contributed by atoms with Crippen molar-refractivity contribution < 1.29 is 0 Å². The summed E-state index contributed by atoms with van der Waals surface area (Å²) in [6, 6.07) is 0. The van der Waals surface area contributed by atoms with Crippen LogP contribution in [0.1, 0.15) is 53.9 Å². The first-order valence-electron chi connectivity index (χ1n) is 5.12. The number of unbranched alkanes of at least 4 members (excludes halogenated alkanes) is 1. The van der Waals surface area contributed by atoms with E-state index < -0.39 is 0 Å². The van der Waals surface area contributed by atoms with Crippen molar-refractivity contribution in [2.24, 2.45) is 11.3 Å². The van der Waals surface area contributed by atoms with E-state index in [0.29, 0.717) is 5.41 Å². The van der Waals surface area contributed by atoms with Crippen LogP contribution in [0.15, 0.2) is 12.2 Å². The summed E-state index contributed by atoms with van der Waals surface area (Å²) in [4.78, 5) is 0. The van der Waals surface area contributed by atoms with Gasteiger partial charge in [-0.15, -0.1) is 0 Å². The van der Waals surface area contributed by atoms with Crippen molar-refractivity contribution in [1.29, 1.82) is 0 Å². The largest absolute Gasteiger partial charge is 0.0917 e. The fraction of sp³-hybridized carbons (Fsp3) is 0.833. The Hall–Kier alpha value is -0.260. The molecule has 0 heteroatoms. The van der Waals surface area contributed by atoms with Gasteiger partial charge in [-0.3, -0.25) is 0 Å². The van der Waals surface area contributed by atoms with Crippen molar-refractivity contribution in [2.45, 2.75) is 53.9 Å². The molecule has 0 saturated heterocycles. The summed E-state index contributed by atoms with van der Waals surface area (Å²) in [5.41, 5.74) is 0.515. The first-order chi connectivity index (χ1) is 5.50. The highest BCUT2D eigenvalue weighted by Crippen LogP contribution is 2.31. The third-order valence-electron chi connectivity index (χ3n) is 2.99. The molecule has 0 saturated carbocycles. The molecule has 0 spiro atoms. The minimum Gasteiger partial charge on any atom is -0.0917 e. The van der Waals surface area contributed by atoms with Crippen LogP contribution in [0, 0.1) is 11.3 Å². The molecule has 0 heterocycles. The van der Waals surface area contributed by atoms with E-state index in [1.54, 1.807) is 0 Å². The average Bonchev–Trinajstić information content (AvgIpc) is 1.98. The van der Waals surface area contributed by atoms with E-state index in [1.165, 1.54) is 19.3 Å². The summed E-state index contributed by atoms with van der Waals surface area (Å²) < 4.78 is 0. The average molecular weight is 168 g/mol. The van der Waals surface area contributed by atoms with Gasteiger partial charge in [-0.2, -0.15) is 0 Å². The number of hydrogen-bond donors (Lipinski definition) is 0. The van der Waals surface area contributed by atoms with Crippen LogP contribution in [-0.2, 0) is 0 Å². The normalized spacial score (nSPS) is 13.2. The molecular weight excluding hydrogens is 144 g/mol. The van der Waals surface area contributed by atoms with Gasteiger partial charge in [-0.25, -0.2) is 0 Å². The SMILES string of the molecule is C/C=C/CCCC(C)(C)C(C)C. The zero-order valence-electron chi connectivity index (χ0n) is 9.35. The van der Waals surface area contributed by atoms with Crippen LogP contribution in [-0.4, -0.2) is 0 Å². The first kappa shape index (κ1) is 11.7. The maximum atomic E-state index is 2.37. The Kier molecular flexibility index (Phi) is 5.28. The zero-order valence-corrected chi connectivity index (χ0v) is 9.35. The molecule has 0 unspecified atom stereocenters. The number of rotatable bonds is 5. The van der Waals surface area contributed by atoms with Crippen molar-refractivity contribution in [3.8, 4) is 0 Å². The molecule has 0 fully saturated rings. The van der Waals surface area contributed by atoms with E-state index >= 15 is 0 Å². The van der Waals surface area contributed by atoms with Crippen LogP contribution in [0.25, 0.3) is 0 Å². The molecule has 0 aromatic heterocycles. The molecule has 0 amide bonds. The molecule has 72 valence electrons. The van der Waals surface area contributed by atoms with Crippen LogP contribution in [0.4, 0.5) is 0 Å². The highest BCUT2D eigenvalue weighted by molar-refractivity contribution is 4.79. The summed E-state index contributed by atoms with van der Waals surface area (Å²) in [5.74, 6) is 0.795. The smallest absolute Gasteiger partial charge is 0.0331 e.